The first-order valence-corrected chi connectivity index (χ1v) is 11.0. The summed E-state index contributed by atoms with van der Waals surface area (Å²) in [5, 5.41) is 21.9. The summed E-state index contributed by atoms with van der Waals surface area (Å²) in [6.45, 7) is 0.246. The van der Waals surface area contributed by atoms with Gasteiger partial charge in [0.1, 0.15) is 0 Å². The predicted octanol–water partition coefficient (Wildman–Crippen LogP) is 1.72. The van der Waals surface area contributed by atoms with Crippen LogP contribution in [0.15, 0.2) is 47.4 Å². The molecule has 2 aromatic rings. The monoisotopic (exact) mass is 463 g/mol. The van der Waals surface area contributed by atoms with Crippen molar-refractivity contribution in [2.45, 2.75) is 4.90 Å². The van der Waals surface area contributed by atoms with Crippen LogP contribution in [0.1, 0.15) is 10.4 Å². The first-order valence-electron chi connectivity index (χ1n) is 9.52. The molecule has 1 saturated heterocycles. The molecule has 32 heavy (non-hydrogen) atoms. The van der Waals surface area contributed by atoms with Gasteiger partial charge < -0.3 is 9.80 Å². The molecule has 0 aliphatic carbocycles. The Morgan fingerprint density at radius 1 is 0.906 bits per heavy atom. The first kappa shape index (κ1) is 23.1. The van der Waals surface area contributed by atoms with E-state index in [1.165, 1.54) is 39.5 Å². The van der Waals surface area contributed by atoms with Gasteiger partial charge in [-0.2, -0.15) is 4.31 Å². The van der Waals surface area contributed by atoms with Crippen molar-refractivity contribution in [2.24, 2.45) is 0 Å². The van der Waals surface area contributed by atoms with Crippen molar-refractivity contribution < 1.29 is 23.1 Å². The molecule has 1 amide bonds. The standard InChI is InChI=1S/C19H21N5O7S/c1-20(2)18-8-5-15(24(28)29)13-17(18)19(25)21-9-11-22(12-10-21)32(30,31)16-6-3-14(4-7-16)23(26)27/h3-8,13H,9-12H2,1-2H3. The van der Waals surface area contributed by atoms with Gasteiger partial charge in [0.25, 0.3) is 17.3 Å². The molecule has 0 saturated carbocycles. The second-order valence-corrected chi connectivity index (χ2v) is 9.24. The minimum atomic E-state index is -3.88. The van der Waals surface area contributed by atoms with E-state index < -0.39 is 25.8 Å². The van der Waals surface area contributed by atoms with Crippen LogP contribution in [0.4, 0.5) is 17.1 Å². The number of sulfonamides is 1. The van der Waals surface area contributed by atoms with E-state index in [0.29, 0.717) is 5.69 Å². The molecule has 1 aliphatic heterocycles. The summed E-state index contributed by atoms with van der Waals surface area (Å²) in [5.74, 6) is -0.426. The zero-order valence-electron chi connectivity index (χ0n) is 17.4. The molecule has 1 fully saturated rings. The van der Waals surface area contributed by atoms with Crippen LogP contribution in [0.25, 0.3) is 0 Å². The van der Waals surface area contributed by atoms with Crippen LogP contribution in [0.5, 0.6) is 0 Å². The number of nitrogens with zero attached hydrogens (tertiary/aromatic N) is 5. The molecule has 170 valence electrons. The molecule has 2 aromatic carbocycles. The predicted molar refractivity (Wildman–Crippen MR) is 115 cm³/mol. The number of carbonyl (C=O) groups excluding carboxylic acids is 1. The highest BCUT2D eigenvalue weighted by molar-refractivity contribution is 7.89. The number of piperazine rings is 1. The second-order valence-electron chi connectivity index (χ2n) is 7.30. The van der Waals surface area contributed by atoms with Gasteiger partial charge in [-0.25, -0.2) is 8.42 Å². The maximum absolute atomic E-state index is 13.1. The lowest BCUT2D eigenvalue weighted by atomic mass is 10.1. The molecular formula is C19H21N5O7S. The maximum Gasteiger partial charge on any atom is 0.270 e. The Balaban J connectivity index is 1.77. The van der Waals surface area contributed by atoms with Gasteiger partial charge in [-0.15, -0.1) is 0 Å². The Morgan fingerprint density at radius 2 is 1.44 bits per heavy atom. The van der Waals surface area contributed by atoms with E-state index in [1.807, 2.05) is 0 Å². The SMILES string of the molecule is CN(C)c1ccc([N+](=O)[O-])cc1C(=O)N1CCN(S(=O)(=O)c2ccc([N+](=O)[O-])cc2)CC1. The fraction of sp³-hybridized carbons (Fsp3) is 0.316. The third-order valence-electron chi connectivity index (χ3n) is 5.11. The molecule has 1 heterocycles. The fourth-order valence-corrected chi connectivity index (χ4v) is 4.81. The van der Waals surface area contributed by atoms with Gasteiger partial charge in [0.05, 0.1) is 20.3 Å². The number of nitro groups is 2. The third-order valence-corrected chi connectivity index (χ3v) is 7.03. The molecular weight excluding hydrogens is 442 g/mol. The van der Waals surface area contributed by atoms with Crippen LogP contribution < -0.4 is 4.90 Å². The van der Waals surface area contributed by atoms with Crippen LogP contribution in [0.2, 0.25) is 0 Å². The van der Waals surface area contributed by atoms with E-state index in [1.54, 1.807) is 19.0 Å². The third kappa shape index (κ3) is 4.53. The summed E-state index contributed by atoms with van der Waals surface area (Å²) in [7, 11) is -0.453. The average Bonchev–Trinajstić information content (AvgIpc) is 2.78. The summed E-state index contributed by atoms with van der Waals surface area (Å²) >= 11 is 0. The summed E-state index contributed by atoms with van der Waals surface area (Å²) in [5.41, 5.74) is 0.253. The second kappa shape index (κ2) is 8.88. The minimum absolute atomic E-state index is 0.0251. The van der Waals surface area contributed by atoms with Crippen molar-refractivity contribution in [3.05, 3.63) is 68.3 Å². The Hall–Kier alpha value is -3.58. The van der Waals surface area contributed by atoms with Gasteiger partial charge in [0.2, 0.25) is 10.0 Å². The highest BCUT2D eigenvalue weighted by Gasteiger charge is 2.32. The number of amides is 1. The van der Waals surface area contributed by atoms with Crippen LogP contribution in [-0.4, -0.2) is 73.7 Å². The molecule has 12 nitrogen and oxygen atoms in total. The van der Waals surface area contributed by atoms with Gasteiger partial charge >= 0.3 is 0 Å². The summed E-state index contributed by atoms with van der Waals surface area (Å²) in [6, 6.07) is 8.64. The normalized spacial score (nSPS) is 14.8. The van der Waals surface area contributed by atoms with Crippen LogP contribution in [0, 0.1) is 20.2 Å². The molecule has 3 rings (SSSR count). The van der Waals surface area contributed by atoms with Crippen LogP contribution >= 0.6 is 0 Å². The number of carbonyl (C=O) groups is 1. The number of non-ortho nitro benzene ring substituents is 2. The van der Waals surface area contributed by atoms with Gasteiger partial charge in [-0.1, -0.05) is 0 Å². The Bertz CT molecular complexity index is 1160. The number of hydrogen-bond donors (Lipinski definition) is 0. The summed E-state index contributed by atoms with van der Waals surface area (Å²) in [6.07, 6.45) is 0. The van der Waals surface area contributed by atoms with E-state index in [-0.39, 0.29) is 48.0 Å². The number of benzene rings is 2. The lowest BCUT2D eigenvalue weighted by molar-refractivity contribution is -0.385. The topological polar surface area (TPSA) is 147 Å². The largest absolute Gasteiger partial charge is 0.377 e. The lowest BCUT2D eigenvalue weighted by Crippen LogP contribution is -2.50. The molecule has 13 heteroatoms. The van der Waals surface area contributed by atoms with Gasteiger partial charge in [0.15, 0.2) is 0 Å². The molecule has 0 radical (unpaired) electrons. The Kier molecular flexibility index (Phi) is 6.41. The van der Waals surface area contributed by atoms with Crippen molar-refractivity contribution in [3.8, 4) is 0 Å². The smallest absolute Gasteiger partial charge is 0.270 e. The highest BCUT2D eigenvalue weighted by atomic mass is 32.2. The number of nitro benzene ring substituents is 2. The van der Waals surface area contributed by atoms with E-state index in [9.17, 15) is 33.4 Å². The summed E-state index contributed by atoms with van der Waals surface area (Å²) < 4.78 is 26.9. The highest BCUT2D eigenvalue weighted by Crippen LogP contribution is 2.27. The maximum atomic E-state index is 13.1. The fourth-order valence-electron chi connectivity index (χ4n) is 3.39. The molecule has 1 aliphatic rings. The molecule has 0 N–H and O–H groups in total. The molecule has 0 spiro atoms. The van der Waals surface area contributed by atoms with Gasteiger partial charge in [-0.3, -0.25) is 25.0 Å². The average molecular weight is 463 g/mol. The molecule has 0 unspecified atom stereocenters. The van der Waals surface area contributed by atoms with E-state index in [0.717, 1.165) is 12.1 Å². The van der Waals surface area contributed by atoms with E-state index in [2.05, 4.69) is 0 Å². The minimum Gasteiger partial charge on any atom is -0.377 e. The van der Waals surface area contributed by atoms with Crippen molar-refractivity contribution in [2.75, 3.05) is 45.2 Å². The van der Waals surface area contributed by atoms with Crippen molar-refractivity contribution in [1.29, 1.82) is 0 Å². The zero-order valence-corrected chi connectivity index (χ0v) is 18.2. The number of hydrogen-bond acceptors (Lipinski definition) is 8. The van der Waals surface area contributed by atoms with E-state index in [4.69, 9.17) is 0 Å². The van der Waals surface area contributed by atoms with Crippen molar-refractivity contribution in [1.82, 2.24) is 9.21 Å². The molecule has 0 aromatic heterocycles. The van der Waals surface area contributed by atoms with Crippen molar-refractivity contribution in [3.63, 3.8) is 0 Å². The summed E-state index contributed by atoms with van der Waals surface area (Å²) in [4.78, 5) is 36.8. The quantitative estimate of drug-likeness (QED) is 0.465. The van der Waals surface area contributed by atoms with Crippen molar-refractivity contribution >= 4 is 33.0 Å². The van der Waals surface area contributed by atoms with Gasteiger partial charge in [0, 0.05) is 70.2 Å². The Morgan fingerprint density at radius 3 is 1.94 bits per heavy atom. The number of anilines is 1. The van der Waals surface area contributed by atoms with E-state index >= 15 is 0 Å². The zero-order chi connectivity index (χ0) is 23.6. The van der Waals surface area contributed by atoms with Crippen LogP contribution in [-0.2, 0) is 10.0 Å². The van der Waals surface area contributed by atoms with Crippen LogP contribution in [0.3, 0.4) is 0 Å². The number of rotatable bonds is 6. The molecule has 0 atom stereocenters. The first-order chi connectivity index (χ1) is 15.0. The Labute approximate surface area is 184 Å². The molecule has 0 bridgehead atoms. The van der Waals surface area contributed by atoms with Gasteiger partial charge in [-0.05, 0) is 18.2 Å². The lowest BCUT2D eigenvalue weighted by Gasteiger charge is -2.34.